The first kappa shape index (κ1) is 15.5. The first-order chi connectivity index (χ1) is 12.0. The van der Waals surface area contributed by atoms with Crippen molar-refractivity contribution in [2.45, 2.75) is 11.4 Å². The second kappa shape index (κ2) is 5.49. The molecule has 8 nitrogen and oxygen atoms in total. The molecule has 0 saturated carbocycles. The van der Waals surface area contributed by atoms with Crippen LogP contribution in [0.1, 0.15) is 15.9 Å². The lowest BCUT2D eigenvalue weighted by molar-refractivity contribution is 0.0965. The molecule has 0 fully saturated rings. The summed E-state index contributed by atoms with van der Waals surface area (Å²) in [6.07, 6.45) is 1.14. The number of nitrogens with one attached hydrogen (secondary N) is 2. The summed E-state index contributed by atoms with van der Waals surface area (Å²) in [4.78, 5) is 12.1. The molecule has 0 unspecified atom stereocenters. The molecule has 25 heavy (non-hydrogen) atoms. The molecule has 0 spiro atoms. The minimum absolute atomic E-state index is 0.124. The van der Waals surface area contributed by atoms with Crippen molar-refractivity contribution in [1.29, 1.82) is 0 Å². The first-order valence-electron chi connectivity index (χ1n) is 7.44. The van der Waals surface area contributed by atoms with Crippen molar-refractivity contribution in [2.75, 3.05) is 6.26 Å². The smallest absolute Gasteiger partial charge is 0.251 e. The van der Waals surface area contributed by atoms with Gasteiger partial charge in [-0.25, -0.2) is 13.5 Å². The van der Waals surface area contributed by atoms with Crippen LogP contribution < -0.4 is 5.32 Å². The Bertz CT molecular complexity index is 1090. The van der Waals surface area contributed by atoms with E-state index in [0.717, 1.165) is 17.4 Å². The second-order valence-corrected chi connectivity index (χ2v) is 7.70. The van der Waals surface area contributed by atoms with Gasteiger partial charge in [0.15, 0.2) is 15.7 Å². The molecule has 0 saturated heterocycles. The van der Waals surface area contributed by atoms with Crippen LogP contribution in [0.5, 0.6) is 0 Å². The predicted octanol–water partition coefficient (Wildman–Crippen LogP) is 1.18. The third kappa shape index (κ3) is 2.49. The number of fused-ring (bicyclic) bond motifs is 1. The van der Waals surface area contributed by atoms with Gasteiger partial charge < -0.3 is 5.32 Å². The molecule has 2 N–H and O–H groups in total. The number of aromatic amines is 1. The van der Waals surface area contributed by atoms with Crippen molar-refractivity contribution < 1.29 is 13.2 Å². The van der Waals surface area contributed by atoms with Crippen molar-refractivity contribution in [2.24, 2.45) is 0 Å². The van der Waals surface area contributed by atoms with Crippen LogP contribution in [0.2, 0.25) is 0 Å². The fourth-order valence-electron chi connectivity index (χ4n) is 3.08. The monoisotopic (exact) mass is 355 g/mol. The number of hydrogen-bond donors (Lipinski definition) is 2. The van der Waals surface area contributed by atoms with E-state index in [1.165, 1.54) is 6.07 Å². The topological polar surface area (TPSA) is 118 Å². The quantitative estimate of drug-likeness (QED) is 0.728. The van der Waals surface area contributed by atoms with Crippen LogP contribution in [0.15, 0.2) is 41.3 Å². The summed E-state index contributed by atoms with van der Waals surface area (Å²) < 4.78 is 24.5. The summed E-state index contributed by atoms with van der Waals surface area (Å²) in [5.41, 5.74) is 3.22. The standard InChI is InChI=1S/C16H13N5O3S/c1-25(23,24)13-7-3-5-10(14(13)15-18-20-21-19-15)9-4-2-6-11-12(9)8-17-16(11)22/h2-7H,8H2,1H3,(H,17,22)(H,18,19,20,21). The largest absolute Gasteiger partial charge is 0.348 e. The van der Waals surface area contributed by atoms with Crippen molar-refractivity contribution in [3.8, 4) is 22.5 Å². The number of aromatic nitrogens is 4. The number of hydrogen-bond acceptors (Lipinski definition) is 6. The Morgan fingerprint density at radius 2 is 1.76 bits per heavy atom. The van der Waals surface area contributed by atoms with Crippen LogP contribution in [0.3, 0.4) is 0 Å². The minimum atomic E-state index is -3.51. The van der Waals surface area contributed by atoms with Gasteiger partial charge in [-0.15, -0.1) is 5.10 Å². The molecule has 0 atom stereocenters. The molecule has 0 aliphatic carbocycles. The van der Waals surface area contributed by atoms with Crippen molar-refractivity contribution in [1.82, 2.24) is 25.9 Å². The highest BCUT2D eigenvalue weighted by Gasteiger charge is 2.26. The Morgan fingerprint density at radius 3 is 2.48 bits per heavy atom. The maximum absolute atomic E-state index is 12.3. The zero-order valence-corrected chi connectivity index (χ0v) is 14.0. The molecule has 1 amide bonds. The number of benzene rings is 2. The van der Waals surface area contributed by atoms with E-state index < -0.39 is 9.84 Å². The Morgan fingerprint density at radius 1 is 1.04 bits per heavy atom. The van der Waals surface area contributed by atoms with Crippen LogP contribution in [0, 0.1) is 0 Å². The zero-order valence-electron chi connectivity index (χ0n) is 13.1. The van der Waals surface area contributed by atoms with E-state index in [-0.39, 0.29) is 16.6 Å². The molecule has 0 radical (unpaired) electrons. The molecule has 1 aliphatic rings. The average Bonchev–Trinajstić information content (AvgIpc) is 3.24. The lowest BCUT2D eigenvalue weighted by Gasteiger charge is -2.14. The van der Waals surface area contributed by atoms with Gasteiger partial charge in [-0.05, 0) is 39.2 Å². The molecule has 1 aliphatic heterocycles. The first-order valence-corrected chi connectivity index (χ1v) is 9.33. The average molecular weight is 355 g/mol. The van der Waals surface area contributed by atoms with Crippen LogP contribution in [0.25, 0.3) is 22.5 Å². The number of amides is 1. The van der Waals surface area contributed by atoms with Crippen molar-refractivity contribution in [3.05, 3.63) is 47.5 Å². The Kier molecular flexibility index (Phi) is 3.39. The summed E-state index contributed by atoms with van der Waals surface area (Å²) in [5, 5.41) is 16.4. The molecule has 126 valence electrons. The fraction of sp³-hybridized carbons (Fsp3) is 0.125. The van der Waals surface area contributed by atoms with Gasteiger partial charge in [-0.1, -0.05) is 24.3 Å². The SMILES string of the molecule is CS(=O)(=O)c1cccc(-c2cccc3c2CNC3=O)c1-c1nnn[nH]1. The molecule has 4 rings (SSSR count). The van der Waals surface area contributed by atoms with Gasteiger partial charge in [0.05, 0.1) is 4.90 Å². The predicted molar refractivity (Wildman–Crippen MR) is 89.3 cm³/mol. The number of tetrazole rings is 1. The fourth-order valence-corrected chi connectivity index (χ4v) is 3.98. The minimum Gasteiger partial charge on any atom is -0.348 e. The number of nitrogens with zero attached hydrogens (tertiary/aromatic N) is 3. The number of rotatable bonds is 3. The summed E-state index contributed by atoms with van der Waals surface area (Å²) in [6.45, 7) is 0.390. The summed E-state index contributed by atoms with van der Waals surface area (Å²) in [7, 11) is -3.51. The highest BCUT2D eigenvalue weighted by molar-refractivity contribution is 7.90. The van der Waals surface area contributed by atoms with E-state index in [2.05, 4.69) is 25.9 Å². The Balaban J connectivity index is 2.07. The zero-order chi connectivity index (χ0) is 17.6. The molecule has 1 aromatic heterocycles. The second-order valence-electron chi connectivity index (χ2n) is 5.72. The van der Waals surface area contributed by atoms with Gasteiger partial charge in [0.2, 0.25) is 0 Å². The summed E-state index contributed by atoms with van der Waals surface area (Å²) in [5.74, 6) is 0.116. The molecular weight excluding hydrogens is 342 g/mol. The van der Waals surface area contributed by atoms with E-state index in [9.17, 15) is 13.2 Å². The van der Waals surface area contributed by atoms with E-state index in [1.807, 2.05) is 6.07 Å². The van der Waals surface area contributed by atoms with E-state index in [1.54, 1.807) is 24.3 Å². The molecule has 0 bridgehead atoms. The summed E-state index contributed by atoms with van der Waals surface area (Å²) >= 11 is 0. The van der Waals surface area contributed by atoms with E-state index in [0.29, 0.717) is 23.2 Å². The van der Waals surface area contributed by atoms with Gasteiger partial charge >= 0.3 is 0 Å². The molecule has 3 aromatic rings. The normalized spacial score (nSPS) is 13.6. The molecule has 9 heteroatoms. The van der Waals surface area contributed by atoms with Crippen LogP contribution in [-0.2, 0) is 16.4 Å². The summed E-state index contributed by atoms with van der Waals surface area (Å²) in [6, 6.07) is 10.4. The van der Waals surface area contributed by atoms with E-state index >= 15 is 0 Å². The van der Waals surface area contributed by atoms with Crippen LogP contribution in [0.4, 0.5) is 0 Å². The number of sulfone groups is 1. The molecule has 2 heterocycles. The van der Waals surface area contributed by atoms with Gasteiger partial charge in [0.25, 0.3) is 5.91 Å². The molecular formula is C16H13N5O3S. The van der Waals surface area contributed by atoms with Crippen LogP contribution >= 0.6 is 0 Å². The maximum Gasteiger partial charge on any atom is 0.251 e. The van der Waals surface area contributed by atoms with Gasteiger partial charge in [-0.2, -0.15) is 0 Å². The highest BCUT2D eigenvalue weighted by atomic mass is 32.2. The lowest BCUT2D eigenvalue weighted by atomic mass is 9.93. The highest BCUT2D eigenvalue weighted by Crippen LogP contribution is 2.38. The third-order valence-corrected chi connectivity index (χ3v) is 5.28. The third-order valence-electron chi connectivity index (χ3n) is 4.14. The van der Waals surface area contributed by atoms with Crippen molar-refractivity contribution in [3.63, 3.8) is 0 Å². The van der Waals surface area contributed by atoms with Crippen LogP contribution in [-0.4, -0.2) is 41.2 Å². The Hall–Kier alpha value is -3.07. The lowest BCUT2D eigenvalue weighted by Crippen LogP contribution is -2.12. The maximum atomic E-state index is 12.3. The number of carbonyl (C=O) groups excluding carboxylic acids is 1. The molecule has 2 aromatic carbocycles. The Labute approximate surface area is 143 Å². The van der Waals surface area contributed by atoms with Gasteiger partial charge in [0.1, 0.15) is 0 Å². The van der Waals surface area contributed by atoms with Gasteiger partial charge in [-0.3, -0.25) is 4.79 Å². The van der Waals surface area contributed by atoms with E-state index in [4.69, 9.17) is 0 Å². The number of H-pyrrole nitrogens is 1. The van der Waals surface area contributed by atoms with Gasteiger partial charge in [0, 0.05) is 23.9 Å². The van der Waals surface area contributed by atoms with Crippen molar-refractivity contribution >= 4 is 15.7 Å². The number of carbonyl (C=O) groups is 1.